The number of hydrogen-bond donors (Lipinski definition) is 4. The van der Waals surface area contributed by atoms with E-state index >= 15 is 0 Å². The smallest absolute Gasteiger partial charge is 0.227 e. The van der Waals surface area contributed by atoms with Crippen molar-refractivity contribution in [2.24, 2.45) is 23.3 Å². The number of amidine groups is 1. The second-order valence-corrected chi connectivity index (χ2v) is 12.2. The Balaban J connectivity index is 1.60. The van der Waals surface area contributed by atoms with Crippen LogP contribution in [0.15, 0.2) is 71.8 Å². The lowest BCUT2D eigenvalue weighted by atomic mass is 9.92. The number of carbonyl (C=O) groups is 1. The Bertz CT molecular complexity index is 1420. The van der Waals surface area contributed by atoms with Gasteiger partial charge in [-0.25, -0.2) is 13.4 Å². The third-order valence-electron chi connectivity index (χ3n) is 7.30. The summed E-state index contributed by atoms with van der Waals surface area (Å²) in [7, 11) is -3.82. The van der Waals surface area contributed by atoms with Crippen LogP contribution in [0.5, 0.6) is 0 Å². The summed E-state index contributed by atoms with van der Waals surface area (Å²) in [5.74, 6) is -0.503. The molecule has 1 saturated heterocycles. The van der Waals surface area contributed by atoms with Crippen LogP contribution in [0, 0.1) is 17.2 Å². The maximum Gasteiger partial charge on any atom is 0.227 e. The minimum Gasteiger partial charge on any atom is -0.384 e. The second kappa shape index (κ2) is 12.4. The Labute approximate surface area is 229 Å². The third kappa shape index (κ3) is 7.21. The van der Waals surface area contributed by atoms with E-state index in [9.17, 15) is 13.2 Å². The van der Waals surface area contributed by atoms with Crippen LogP contribution in [-0.4, -0.2) is 55.4 Å². The molecule has 206 valence electrons. The molecular formula is C29H36N6O3S. The maximum atomic E-state index is 13.8. The fraction of sp³-hybridized carbons (Fsp3) is 0.345. The number of piperidine rings is 1. The average Bonchev–Trinajstić information content (AvgIpc) is 2.93. The highest BCUT2D eigenvalue weighted by Crippen LogP contribution is 2.27. The molecule has 7 N–H and O–H groups in total. The number of rotatable bonds is 10. The average molecular weight is 549 g/mol. The van der Waals surface area contributed by atoms with E-state index in [2.05, 4.69) is 4.98 Å². The van der Waals surface area contributed by atoms with Crippen LogP contribution >= 0.6 is 0 Å². The molecule has 0 radical (unpaired) electrons. The second-order valence-electron chi connectivity index (χ2n) is 10.1. The summed E-state index contributed by atoms with van der Waals surface area (Å²) in [5.41, 5.74) is 19.8. The number of pyridine rings is 1. The molecule has 1 amide bonds. The minimum absolute atomic E-state index is 0.0803. The lowest BCUT2D eigenvalue weighted by Gasteiger charge is -2.34. The Morgan fingerprint density at radius 1 is 1.05 bits per heavy atom. The summed E-state index contributed by atoms with van der Waals surface area (Å²) in [6, 6.07) is 17.2. The molecule has 1 unspecified atom stereocenters. The van der Waals surface area contributed by atoms with Crippen molar-refractivity contribution in [1.82, 2.24) is 9.88 Å². The van der Waals surface area contributed by atoms with Gasteiger partial charge in [0, 0.05) is 30.4 Å². The van der Waals surface area contributed by atoms with Crippen LogP contribution in [0.1, 0.15) is 30.4 Å². The fourth-order valence-electron chi connectivity index (χ4n) is 5.11. The summed E-state index contributed by atoms with van der Waals surface area (Å²) in [4.78, 5) is 19.8. The van der Waals surface area contributed by atoms with Crippen LogP contribution in [-0.2, 0) is 21.1 Å². The monoisotopic (exact) mass is 548 g/mol. The van der Waals surface area contributed by atoms with Crippen molar-refractivity contribution in [3.8, 4) is 11.1 Å². The van der Waals surface area contributed by atoms with Gasteiger partial charge in [0.05, 0.1) is 16.6 Å². The molecule has 3 aromatic rings. The molecule has 39 heavy (non-hydrogen) atoms. The molecule has 0 saturated carbocycles. The van der Waals surface area contributed by atoms with Gasteiger partial charge in [-0.2, -0.15) is 0 Å². The van der Waals surface area contributed by atoms with E-state index in [1.54, 1.807) is 59.6 Å². The molecule has 1 aliphatic heterocycles. The van der Waals surface area contributed by atoms with E-state index < -0.39 is 15.8 Å². The molecular weight excluding hydrogens is 512 g/mol. The van der Waals surface area contributed by atoms with Crippen molar-refractivity contribution in [3.63, 3.8) is 0 Å². The zero-order chi connectivity index (χ0) is 28.0. The van der Waals surface area contributed by atoms with Gasteiger partial charge >= 0.3 is 0 Å². The van der Waals surface area contributed by atoms with Crippen LogP contribution in [0.2, 0.25) is 0 Å². The van der Waals surface area contributed by atoms with Crippen LogP contribution in [0.25, 0.3) is 11.1 Å². The van der Waals surface area contributed by atoms with Crippen molar-refractivity contribution in [2.75, 3.05) is 31.1 Å². The van der Waals surface area contributed by atoms with Crippen molar-refractivity contribution in [3.05, 3.63) is 78.0 Å². The van der Waals surface area contributed by atoms with Crippen LogP contribution in [0.3, 0.4) is 0 Å². The number of benzene rings is 2. The van der Waals surface area contributed by atoms with E-state index in [0.717, 1.165) is 30.4 Å². The van der Waals surface area contributed by atoms with Crippen LogP contribution < -0.4 is 17.2 Å². The van der Waals surface area contributed by atoms with Crippen molar-refractivity contribution in [2.45, 2.75) is 30.6 Å². The Kier molecular flexibility index (Phi) is 8.98. The first-order chi connectivity index (χ1) is 18.7. The predicted octanol–water partition coefficient (Wildman–Crippen LogP) is 2.83. The standard InChI is InChI=1S/C29H36N6O3S/c30-12-9-20-10-13-35(14-11-20)29(36)25(16-21-3-1-5-23(15-21)28(32)33)19-39(37,38)26-6-2-4-22(17-26)24-7-8-27(31)34-18-24/h1-8,15,17-18,20,25H,9-14,16,19,30H2,(H2,31,34)(H3,32,33). The van der Waals surface area contributed by atoms with E-state index in [1.807, 2.05) is 12.1 Å². The molecule has 0 aliphatic carbocycles. The van der Waals surface area contributed by atoms with Gasteiger partial charge in [-0.1, -0.05) is 30.3 Å². The Morgan fingerprint density at radius 2 is 1.79 bits per heavy atom. The number of sulfone groups is 1. The van der Waals surface area contributed by atoms with E-state index in [0.29, 0.717) is 42.5 Å². The SMILES string of the molecule is N=C(N)c1cccc(CC(CS(=O)(=O)c2cccc(-c3ccc(N)nc3)c2)C(=O)N2CCC(CCN)CC2)c1. The van der Waals surface area contributed by atoms with Gasteiger partial charge in [-0.15, -0.1) is 0 Å². The summed E-state index contributed by atoms with van der Waals surface area (Å²) >= 11 is 0. The summed E-state index contributed by atoms with van der Waals surface area (Å²) < 4.78 is 27.4. The van der Waals surface area contributed by atoms with Gasteiger partial charge < -0.3 is 22.1 Å². The number of hydrogen-bond acceptors (Lipinski definition) is 7. The lowest BCUT2D eigenvalue weighted by molar-refractivity contribution is -0.136. The lowest BCUT2D eigenvalue weighted by Crippen LogP contribution is -2.44. The molecule has 9 nitrogen and oxygen atoms in total. The van der Waals surface area contributed by atoms with E-state index in [4.69, 9.17) is 22.6 Å². The van der Waals surface area contributed by atoms with Gasteiger partial charge in [0.2, 0.25) is 5.91 Å². The zero-order valence-corrected chi connectivity index (χ0v) is 22.7. The number of nitrogens with two attached hydrogens (primary N) is 3. The number of anilines is 1. The molecule has 2 aromatic carbocycles. The number of nitrogens with zero attached hydrogens (tertiary/aromatic N) is 2. The molecule has 4 rings (SSSR count). The minimum atomic E-state index is -3.82. The number of nitrogens with one attached hydrogen (secondary N) is 1. The molecule has 1 atom stereocenters. The van der Waals surface area contributed by atoms with Crippen molar-refractivity contribution in [1.29, 1.82) is 5.41 Å². The Morgan fingerprint density at radius 3 is 2.46 bits per heavy atom. The summed E-state index contributed by atoms with van der Waals surface area (Å²) in [5, 5.41) is 7.76. The quantitative estimate of drug-likeness (QED) is 0.223. The Hall–Kier alpha value is -3.76. The highest BCUT2D eigenvalue weighted by atomic mass is 32.2. The summed E-state index contributed by atoms with van der Waals surface area (Å²) in [6.07, 6.45) is 4.48. The van der Waals surface area contributed by atoms with Crippen LogP contribution in [0.4, 0.5) is 5.82 Å². The molecule has 0 bridgehead atoms. The number of carbonyl (C=O) groups excluding carboxylic acids is 1. The van der Waals surface area contributed by atoms with Gasteiger partial charge in [0.1, 0.15) is 11.7 Å². The number of amides is 1. The van der Waals surface area contributed by atoms with Crippen molar-refractivity contribution >= 4 is 27.4 Å². The predicted molar refractivity (Wildman–Crippen MR) is 154 cm³/mol. The molecule has 10 heteroatoms. The molecule has 1 aromatic heterocycles. The van der Waals surface area contributed by atoms with Gasteiger partial charge in [0.15, 0.2) is 9.84 Å². The first-order valence-corrected chi connectivity index (χ1v) is 14.8. The van der Waals surface area contributed by atoms with Gasteiger partial charge in [0.25, 0.3) is 0 Å². The number of aromatic nitrogens is 1. The third-order valence-corrected chi connectivity index (χ3v) is 9.12. The number of nitrogen functional groups attached to an aromatic ring is 2. The highest BCUT2D eigenvalue weighted by Gasteiger charge is 2.32. The van der Waals surface area contributed by atoms with E-state index in [1.165, 1.54) is 0 Å². The van der Waals surface area contributed by atoms with E-state index in [-0.39, 0.29) is 28.8 Å². The molecule has 0 spiro atoms. The largest absolute Gasteiger partial charge is 0.384 e. The van der Waals surface area contributed by atoms with Gasteiger partial charge in [-0.3, -0.25) is 10.2 Å². The maximum absolute atomic E-state index is 13.8. The number of likely N-dealkylation sites (tertiary alicyclic amines) is 1. The zero-order valence-electron chi connectivity index (χ0n) is 21.9. The topological polar surface area (TPSA) is 169 Å². The molecule has 1 aliphatic rings. The first kappa shape index (κ1) is 28.3. The molecule has 1 fully saturated rings. The normalized spacial score (nSPS) is 15.2. The molecule has 2 heterocycles. The summed E-state index contributed by atoms with van der Waals surface area (Å²) in [6.45, 7) is 1.80. The fourth-order valence-corrected chi connectivity index (χ4v) is 6.69. The highest BCUT2D eigenvalue weighted by molar-refractivity contribution is 7.91. The first-order valence-electron chi connectivity index (χ1n) is 13.1. The van der Waals surface area contributed by atoms with Crippen molar-refractivity contribution < 1.29 is 13.2 Å². The van der Waals surface area contributed by atoms with Gasteiger partial charge in [-0.05, 0) is 79.6 Å².